The molecular formula is C21H24N4O2. The monoisotopic (exact) mass is 364 g/mol. The summed E-state index contributed by atoms with van der Waals surface area (Å²) >= 11 is 0. The molecule has 1 aromatic heterocycles. The predicted molar refractivity (Wildman–Crippen MR) is 108 cm³/mol. The van der Waals surface area contributed by atoms with Gasteiger partial charge in [-0.15, -0.1) is 0 Å². The standard InChI is InChI=1S/C21H24N4O2/c1-16-15-20(25-21(23-16)22-13-5-6-14-26)24-17-9-11-19(12-10-17)27-18-7-3-2-4-8-18/h2-4,7-12,15,26H,5-6,13-14H2,1H3,(H2,22,23,24,25). The van der Waals surface area contributed by atoms with E-state index in [-0.39, 0.29) is 6.61 Å². The third-order valence-corrected chi connectivity index (χ3v) is 3.83. The Labute approximate surface area is 159 Å². The van der Waals surface area contributed by atoms with Crippen molar-refractivity contribution in [3.63, 3.8) is 0 Å². The predicted octanol–water partition coefficient (Wildman–Crippen LogP) is 4.51. The van der Waals surface area contributed by atoms with Gasteiger partial charge >= 0.3 is 0 Å². The first-order chi connectivity index (χ1) is 13.2. The van der Waals surface area contributed by atoms with E-state index in [4.69, 9.17) is 9.84 Å². The fraction of sp³-hybridized carbons (Fsp3) is 0.238. The Morgan fingerprint density at radius 2 is 1.67 bits per heavy atom. The van der Waals surface area contributed by atoms with Crippen LogP contribution < -0.4 is 15.4 Å². The second-order valence-electron chi connectivity index (χ2n) is 6.14. The maximum Gasteiger partial charge on any atom is 0.224 e. The number of aromatic nitrogens is 2. The number of anilines is 3. The lowest BCUT2D eigenvalue weighted by Gasteiger charge is -2.11. The van der Waals surface area contributed by atoms with Gasteiger partial charge in [-0.2, -0.15) is 4.98 Å². The number of para-hydroxylation sites is 1. The Hall–Kier alpha value is -3.12. The summed E-state index contributed by atoms with van der Waals surface area (Å²) in [4.78, 5) is 8.88. The molecule has 2 aromatic carbocycles. The fourth-order valence-electron chi connectivity index (χ4n) is 2.53. The quantitative estimate of drug-likeness (QED) is 0.485. The van der Waals surface area contributed by atoms with E-state index in [1.165, 1.54) is 0 Å². The Morgan fingerprint density at radius 3 is 2.41 bits per heavy atom. The van der Waals surface area contributed by atoms with Crippen molar-refractivity contribution in [1.29, 1.82) is 0 Å². The molecule has 0 aliphatic rings. The van der Waals surface area contributed by atoms with Gasteiger partial charge in [-0.1, -0.05) is 18.2 Å². The van der Waals surface area contributed by atoms with Gasteiger partial charge in [-0.25, -0.2) is 4.98 Å². The van der Waals surface area contributed by atoms with Crippen molar-refractivity contribution in [1.82, 2.24) is 9.97 Å². The molecule has 0 atom stereocenters. The summed E-state index contributed by atoms with van der Waals surface area (Å²) < 4.78 is 5.80. The molecule has 3 rings (SSSR count). The highest BCUT2D eigenvalue weighted by Crippen LogP contribution is 2.24. The number of nitrogens with one attached hydrogen (secondary N) is 2. The molecule has 0 fully saturated rings. The molecule has 0 radical (unpaired) electrons. The summed E-state index contributed by atoms with van der Waals surface area (Å²) in [6.07, 6.45) is 1.64. The first-order valence-electron chi connectivity index (χ1n) is 9.03. The molecule has 6 nitrogen and oxygen atoms in total. The second kappa shape index (κ2) is 9.54. The molecule has 0 unspecified atom stereocenters. The largest absolute Gasteiger partial charge is 0.457 e. The summed E-state index contributed by atoms with van der Waals surface area (Å²) in [5.41, 5.74) is 1.79. The maximum absolute atomic E-state index is 8.84. The van der Waals surface area contributed by atoms with E-state index in [9.17, 15) is 0 Å². The Kier molecular flexibility index (Phi) is 6.60. The van der Waals surface area contributed by atoms with Gasteiger partial charge in [0.25, 0.3) is 0 Å². The van der Waals surface area contributed by atoms with Crippen LogP contribution in [0.4, 0.5) is 17.5 Å². The zero-order chi connectivity index (χ0) is 18.9. The lowest BCUT2D eigenvalue weighted by Crippen LogP contribution is -2.08. The third kappa shape index (κ3) is 5.97. The SMILES string of the molecule is Cc1cc(Nc2ccc(Oc3ccccc3)cc2)nc(NCCCCO)n1. The maximum atomic E-state index is 8.84. The molecule has 0 bridgehead atoms. The topological polar surface area (TPSA) is 79.3 Å². The highest BCUT2D eigenvalue weighted by molar-refractivity contribution is 5.58. The highest BCUT2D eigenvalue weighted by atomic mass is 16.5. The molecule has 0 saturated carbocycles. The van der Waals surface area contributed by atoms with Gasteiger partial charge in [0.1, 0.15) is 17.3 Å². The lowest BCUT2D eigenvalue weighted by atomic mass is 10.3. The Bertz CT molecular complexity index is 839. The van der Waals surface area contributed by atoms with Crippen molar-refractivity contribution < 1.29 is 9.84 Å². The summed E-state index contributed by atoms with van der Waals surface area (Å²) in [7, 11) is 0. The molecule has 27 heavy (non-hydrogen) atoms. The van der Waals surface area contributed by atoms with Crippen LogP contribution >= 0.6 is 0 Å². The molecule has 6 heteroatoms. The number of aliphatic hydroxyl groups is 1. The number of hydrogen-bond donors (Lipinski definition) is 3. The first kappa shape index (κ1) is 18.7. The van der Waals surface area contributed by atoms with Crippen LogP contribution in [0.2, 0.25) is 0 Å². The fourth-order valence-corrected chi connectivity index (χ4v) is 2.53. The third-order valence-electron chi connectivity index (χ3n) is 3.83. The molecule has 1 heterocycles. The van der Waals surface area contributed by atoms with Gasteiger partial charge in [-0.3, -0.25) is 0 Å². The minimum atomic E-state index is 0.202. The average Bonchev–Trinajstić information content (AvgIpc) is 2.67. The number of hydrogen-bond acceptors (Lipinski definition) is 6. The van der Waals surface area contributed by atoms with E-state index in [0.717, 1.165) is 48.1 Å². The molecule has 0 amide bonds. The van der Waals surface area contributed by atoms with E-state index >= 15 is 0 Å². The molecule has 0 spiro atoms. The van der Waals surface area contributed by atoms with Crippen molar-refractivity contribution in [2.45, 2.75) is 19.8 Å². The smallest absolute Gasteiger partial charge is 0.224 e. The molecule has 0 saturated heterocycles. The van der Waals surface area contributed by atoms with Crippen LogP contribution in [0.5, 0.6) is 11.5 Å². The van der Waals surface area contributed by atoms with Gasteiger partial charge < -0.3 is 20.5 Å². The van der Waals surface area contributed by atoms with E-state index in [1.807, 2.05) is 67.6 Å². The van der Waals surface area contributed by atoms with Gasteiger partial charge in [0, 0.05) is 30.6 Å². The van der Waals surface area contributed by atoms with Crippen LogP contribution in [0, 0.1) is 6.92 Å². The van der Waals surface area contributed by atoms with Gasteiger partial charge in [0.05, 0.1) is 0 Å². The minimum Gasteiger partial charge on any atom is -0.457 e. The first-order valence-corrected chi connectivity index (χ1v) is 9.03. The number of benzene rings is 2. The summed E-state index contributed by atoms with van der Waals surface area (Å²) in [6, 6.07) is 19.3. The van der Waals surface area contributed by atoms with E-state index in [1.54, 1.807) is 0 Å². The van der Waals surface area contributed by atoms with Crippen LogP contribution in [0.25, 0.3) is 0 Å². The van der Waals surface area contributed by atoms with Crippen molar-refractivity contribution in [3.8, 4) is 11.5 Å². The van der Waals surface area contributed by atoms with Crippen molar-refractivity contribution >= 4 is 17.5 Å². The second-order valence-corrected chi connectivity index (χ2v) is 6.14. The van der Waals surface area contributed by atoms with Crippen LogP contribution in [0.1, 0.15) is 18.5 Å². The van der Waals surface area contributed by atoms with E-state index in [0.29, 0.717) is 5.95 Å². The summed E-state index contributed by atoms with van der Waals surface area (Å²) in [5, 5.41) is 15.3. The van der Waals surface area contributed by atoms with Gasteiger partial charge in [0.15, 0.2) is 0 Å². The lowest BCUT2D eigenvalue weighted by molar-refractivity contribution is 0.286. The normalized spacial score (nSPS) is 10.4. The van der Waals surface area contributed by atoms with Crippen LogP contribution in [0.15, 0.2) is 60.7 Å². The number of aryl methyl sites for hydroxylation is 1. The van der Waals surface area contributed by atoms with Crippen molar-refractivity contribution in [3.05, 3.63) is 66.4 Å². The van der Waals surface area contributed by atoms with Gasteiger partial charge in [-0.05, 0) is 56.2 Å². The number of unbranched alkanes of at least 4 members (excludes halogenated alkanes) is 1. The van der Waals surface area contributed by atoms with Crippen LogP contribution in [-0.4, -0.2) is 28.2 Å². The zero-order valence-corrected chi connectivity index (χ0v) is 15.4. The number of nitrogens with zero attached hydrogens (tertiary/aromatic N) is 2. The van der Waals surface area contributed by atoms with E-state index < -0.39 is 0 Å². The minimum absolute atomic E-state index is 0.202. The Morgan fingerprint density at radius 1 is 0.926 bits per heavy atom. The van der Waals surface area contributed by atoms with E-state index in [2.05, 4.69) is 20.6 Å². The molecule has 140 valence electrons. The highest BCUT2D eigenvalue weighted by Gasteiger charge is 2.04. The molecule has 0 aliphatic heterocycles. The van der Waals surface area contributed by atoms with Gasteiger partial charge in [0.2, 0.25) is 5.95 Å². The molecule has 3 aromatic rings. The Balaban J connectivity index is 1.61. The average molecular weight is 364 g/mol. The number of aliphatic hydroxyl groups excluding tert-OH is 1. The zero-order valence-electron chi connectivity index (χ0n) is 15.4. The number of ether oxygens (including phenoxy) is 1. The van der Waals surface area contributed by atoms with Crippen LogP contribution in [0.3, 0.4) is 0 Å². The summed E-state index contributed by atoms with van der Waals surface area (Å²) in [6.45, 7) is 2.87. The summed E-state index contributed by atoms with van der Waals surface area (Å²) in [5.74, 6) is 2.89. The molecular weight excluding hydrogens is 340 g/mol. The van der Waals surface area contributed by atoms with Crippen molar-refractivity contribution in [2.24, 2.45) is 0 Å². The van der Waals surface area contributed by atoms with Crippen LogP contribution in [-0.2, 0) is 0 Å². The number of rotatable bonds is 9. The molecule has 3 N–H and O–H groups in total. The van der Waals surface area contributed by atoms with Crippen molar-refractivity contribution in [2.75, 3.05) is 23.8 Å². The molecule has 0 aliphatic carbocycles.